The monoisotopic (exact) mass is 351 g/mol. The number of aryl methyl sites for hydroxylation is 1. The Hall–Kier alpha value is -0.760. The fraction of sp³-hybridized carbons (Fsp3) is 0.545. The first-order valence-corrected chi connectivity index (χ1v) is 5.52. The summed E-state index contributed by atoms with van der Waals surface area (Å²) in [5.74, 6) is 2.15. The van der Waals surface area contributed by atoms with Gasteiger partial charge in [0.1, 0.15) is 17.6 Å². The van der Waals surface area contributed by atoms with Gasteiger partial charge in [-0.05, 0) is 25.5 Å². The zero-order valence-corrected chi connectivity index (χ0v) is 12.1. The maximum absolute atomic E-state index is 9.83. The quantitative estimate of drug-likeness (QED) is 0.716. The van der Waals surface area contributed by atoms with Gasteiger partial charge in [0.15, 0.2) is 5.96 Å². The van der Waals surface area contributed by atoms with E-state index in [0.29, 0.717) is 12.3 Å². The van der Waals surface area contributed by atoms with Gasteiger partial charge in [0.25, 0.3) is 0 Å². The number of rotatable bonds is 3. The predicted octanol–water partition coefficient (Wildman–Crippen LogP) is 1.18. The molecule has 0 radical (unpaired) electrons. The lowest BCUT2D eigenvalue weighted by atomic mass is 10.3. The summed E-state index contributed by atoms with van der Waals surface area (Å²) in [7, 11) is 0. The number of hydrogen-bond donors (Lipinski definition) is 3. The van der Waals surface area contributed by atoms with Gasteiger partial charge < -0.3 is 20.2 Å². The third kappa shape index (κ3) is 4.19. The molecule has 0 fully saturated rings. The second-order valence-corrected chi connectivity index (χ2v) is 3.86. The molecule has 17 heavy (non-hydrogen) atoms. The minimum absolute atomic E-state index is 0. The van der Waals surface area contributed by atoms with Gasteiger partial charge in [0.2, 0.25) is 0 Å². The number of nitrogens with zero attached hydrogens (tertiary/aromatic N) is 1. The first-order valence-electron chi connectivity index (χ1n) is 5.52. The van der Waals surface area contributed by atoms with Crippen LogP contribution < -0.4 is 10.6 Å². The van der Waals surface area contributed by atoms with Crippen molar-refractivity contribution in [3.63, 3.8) is 0 Å². The number of halogens is 1. The van der Waals surface area contributed by atoms with Crippen LogP contribution >= 0.6 is 24.0 Å². The average molecular weight is 351 g/mol. The van der Waals surface area contributed by atoms with Crippen LogP contribution in [0.5, 0.6) is 0 Å². The summed E-state index contributed by atoms with van der Waals surface area (Å²) in [6, 6.07) is 3.63. The zero-order chi connectivity index (χ0) is 11.4. The van der Waals surface area contributed by atoms with Gasteiger partial charge in [-0.2, -0.15) is 0 Å². The number of hydrogen-bond acceptors (Lipinski definition) is 5. The standard InChI is InChI=1S/C11H17N3O2.HI/c1-8-3-4-10(16-8)9(15)7-14-11-12-5-2-6-13-11;/h3-4,9,15H,2,5-7H2,1H3,(H2,12,13,14);1H. The van der Waals surface area contributed by atoms with Crippen LogP contribution in [0.1, 0.15) is 24.0 Å². The van der Waals surface area contributed by atoms with Crippen LogP contribution in [-0.2, 0) is 0 Å². The van der Waals surface area contributed by atoms with Crippen LogP contribution in [0.25, 0.3) is 0 Å². The fourth-order valence-electron chi connectivity index (χ4n) is 1.58. The van der Waals surface area contributed by atoms with Crippen molar-refractivity contribution in [2.75, 3.05) is 19.6 Å². The van der Waals surface area contributed by atoms with Gasteiger partial charge in [-0.1, -0.05) is 0 Å². The lowest BCUT2D eigenvalue weighted by Crippen LogP contribution is -2.42. The van der Waals surface area contributed by atoms with Crippen molar-refractivity contribution in [3.8, 4) is 0 Å². The first-order chi connectivity index (χ1) is 7.75. The van der Waals surface area contributed by atoms with Gasteiger partial charge in [0, 0.05) is 13.1 Å². The van der Waals surface area contributed by atoms with E-state index in [-0.39, 0.29) is 24.0 Å². The van der Waals surface area contributed by atoms with Gasteiger partial charge in [-0.15, -0.1) is 24.0 Å². The lowest BCUT2D eigenvalue weighted by Gasteiger charge is -2.17. The van der Waals surface area contributed by atoms with Crippen molar-refractivity contribution in [1.29, 1.82) is 0 Å². The third-order valence-electron chi connectivity index (χ3n) is 2.45. The molecular weight excluding hydrogens is 333 g/mol. The highest BCUT2D eigenvalue weighted by Gasteiger charge is 2.12. The Morgan fingerprint density at radius 3 is 3.00 bits per heavy atom. The topological polar surface area (TPSA) is 69.8 Å². The predicted molar refractivity (Wildman–Crippen MR) is 76.7 cm³/mol. The Bertz CT molecular complexity index is 379. The Kier molecular flexibility index (Phi) is 5.76. The average Bonchev–Trinajstić information content (AvgIpc) is 2.74. The molecule has 1 unspecified atom stereocenters. The molecule has 0 aromatic carbocycles. The zero-order valence-electron chi connectivity index (χ0n) is 9.77. The van der Waals surface area contributed by atoms with Gasteiger partial charge >= 0.3 is 0 Å². The minimum atomic E-state index is -0.639. The summed E-state index contributed by atoms with van der Waals surface area (Å²) in [5, 5.41) is 16.0. The summed E-state index contributed by atoms with van der Waals surface area (Å²) in [6.45, 7) is 4.03. The Labute approximate surface area is 118 Å². The van der Waals surface area contributed by atoms with Crippen molar-refractivity contribution >= 4 is 29.9 Å². The molecule has 0 amide bonds. The van der Waals surface area contributed by atoms with E-state index >= 15 is 0 Å². The summed E-state index contributed by atoms with van der Waals surface area (Å²) in [4.78, 5) is 4.25. The Morgan fingerprint density at radius 2 is 2.41 bits per heavy atom. The van der Waals surface area contributed by atoms with Crippen molar-refractivity contribution in [2.45, 2.75) is 19.4 Å². The van der Waals surface area contributed by atoms with Gasteiger partial charge in [-0.25, -0.2) is 0 Å². The normalized spacial score (nSPS) is 16.5. The molecule has 1 aromatic heterocycles. The molecule has 1 atom stereocenters. The molecule has 2 rings (SSSR count). The highest BCUT2D eigenvalue weighted by atomic mass is 127. The molecule has 0 aliphatic carbocycles. The maximum Gasteiger partial charge on any atom is 0.191 e. The summed E-state index contributed by atoms with van der Waals surface area (Å²) in [6.07, 6.45) is 0.422. The first kappa shape index (κ1) is 14.3. The second-order valence-electron chi connectivity index (χ2n) is 3.86. The van der Waals surface area contributed by atoms with Gasteiger partial charge in [0.05, 0.1) is 6.54 Å². The smallest absolute Gasteiger partial charge is 0.191 e. The molecular formula is C11H18IN3O2. The summed E-state index contributed by atoms with van der Waals surface area (Å²) in [5.41, 5.74) is 0. The number of aliphatic hydroxyl groups excluding tert-OH is 1. The highest BCUT2D eigenvalue weighted by molar-refractivity contribution is 14.0. The molecule has 2 heterocycles. The van der Waals surface area contributed by atoms with E-state index in [1.54, 1.807) is 6.07 Å². The van der Waals surface area contributed by atoms with E-state index in [9.17, 15) is 5.11 Å². The maximum atomic E-state index is 9.83. The van der Waals surface area contributed by atoms with Crippen LogP contribution in [0, 0.1) is 6.92 Å². The van der Waals surface area contributed by atoms with E-state index in [0.717, 1.165) is 31.2 Å². The second kappa shape index (κ2) is 6.85. The van der Waals surface area contributed by atoms with Crippen molar-refractivity contribution in [3.05, 3.63) is 23.7 Å². The van der Waals surface area contributed by atoms with Crippen LogP contribution in [0.15, 0.2) is 21.5 Å². The fourth-order valence-corrected chi connectivity index (χ4v) is 1.58. The largest absolute Gasteiger partial charge is 0.464 e. The van der Waals surface area contributed by atoms with E-state index < -0.39 is 6.10 Å². The van der Waals surface area contributed by atoms with E-state index in [1.807, 2.05) is 13.0 Å². The van der Waals surface area contributed by atoms with E-state index in [2.05, 4.69) is 15.6 Å². The van der Waals surface area contributed by atoms with Crippen molar-refractivity contribution < 1.29 is 9.52 Å². The van der Waals surface area contributed by atoms with Crippen LogP contribution in [0.4, 0.5) is 0 Å². The van der Waals surface area contributed by atoms with Crippen LogP contribution in [0.2, 0.25) is 0 Å². The molecule has 1 aliphatic heterocycles. The van der Waals surface area contributed by atoms with Crippen molar-refractivity contribution in [1.82, 2.24) is 10.6 Å². The highest BCUT2D eigenvalue weighted by Crippen LogP contribution is 2.14. The van der Waals surface area contributed by atoms with E-state index in [1.165, 1.54) is 0 Å². The lowest BCUT2D eigenvalue weighted by molar-refractivity contribution is 0.151. The molecule has 0 spiro atoms. The molecule has 3 N–H and O–H groups in total. The molecule has 0 saturated carbocycles. The molecule has 1 aliphatic rings. The van der Waals surface area contributed by atoms with E-state index in [4.69, 9.17) is 4.42 Å². The van der Waals surface area contributed by atoms with Gasteiger partial charge in [-0.3, -0.25) is 4.99 Å². The summed E-state index contributed by atoms with van der Waals surface area (Å²) >= 11 is 0. The Balaban J connectivity index is 0.00000144. The summed E-state index contributed by atoms with van der Waals surface area (Å²) < 4.78 is 5.33. The third-order valence-corrected chi connectivity index (χ3v) is 2.45. The molecule has 5 nitrogen and oxygen atoms in total. The SMILES string of the molecule is Cc1ccc(C(O)CNC2=NCCCN2)o1.I. The molecule has 96 valence electrons. The molecule has 0 bridgehead atoms. The van der Waals surface area contributed by atoms with Crippen LogP contribution in [-0.4, -0.2) is 30.7 Å². The number of furan rings is 1. The molecule has 1 aromatic rings. The number of guanidine groups is 1. The van der Waals surface area contributed by atoms with Crippen molar-refractivity contribution in [2.24, 2.45) is 4.99 Å². The Morgan fingerprint density at radius 1 is 1.59 bits per heavy atom. The number of aliphatic hydroxyl groups is 1. The number of nitrogens with one attached hydrogen (secondary N) is 2. The van der Waals surface area contributed by atoms with Crippen LogP contribution in [0.3, 0.4) is 0 Å². The number of aliphatic imine (C=N–C) groups is 1. The molecule has 0 saturated heterocycles. The minimum Gasteiger partial charge on any atom is -0.464 e. The molecule has 6 heteroatoms.